The van der Waals surface area contributed by atoms with Crippen molar-refractivity contribution in [3.05, 3.63) is 81.5 Å². The summed E-state index contributed by atoms with van der Waals surface area (Å²) in [5, 5.41) is 12.1. The Kier molecular flexibility index (Phi) is 20.1. The van der Waals surface area contributed by atoms with E-state index in [0.717, 1.165) is 37.1 Å². The molecule has 0 radical (unpaired) electrons. The molecule has 6 nitrogen and oxygen atoms in total. The zero-order chi connectivity index (χ0) is 41.7. The second kappa shape index (κ2) is 25.7. The maximum Gasteiger partial charge on any atom is 0.319 e. The zero-order valence-electron chi connectivity index (χ0n) is 36.7. The first-order valence-corrected chi connectivity index (χ1v) is 24.7. The molecule has 0 spiro atoms. The van der Waals surface area contributed by atoms with E-state index in [2.05, 4.69) is 85.4 Å². The Morgan fingerprint density at radius 1 is 0.492 bits per heavy atom. The Morgan fingerprint density at radius 2 is 0.831 bits per heavy atom. The summed E-state index contributed by atoms with van der Waals surface area (Å²) in [7, 11) is 0. The minimum atomic E-state index is -0.132. The summed E-state index contributed by atoms with van der Waals surface area (Å²) in [5.41, 5.74) is 9.67. The number of urea groups is 2. The first-order valence-electron chi connectivity index (χ1n) is 23.1. The predicted molar refractivity (Wildman–Crippen MR) is 258 cm³/mol. The summed E-state index contributed by atoms with van der Waals surface area (Å²) in [5.74, 6) is 0. The first-order chi connectivity index (χ1) is 28.9. The van der Waals surface area contributed by atoms with Gasteiger partial charge in [0.15, 0.2) is 0 Å². The van der Waals surface area contributed by atoms with Crippen molar-refractivity contribution in [2.45, 2.75) is 163 Å². The Balaban J connectivity index is 1.09. The van der Waals surface area contributed by atoms with Crippen LogP contribution in [0.2, 0.25) is 0 Å². The quantitative estimate of drug-likeness (QED) is 0.0475. The second-order valence-corrected chi connectivity index (χ2v) is 19.1. The number of hydrogen-bond donors (Lipinski definition) is 4. The van der Waals surface area contributed by atoms with E-state index in [-0.39, 0.29) is 12.1 Å². The molecular weight excluding hydrogens is 765 g/mol. The lowest BCUT2D eigenvalue weighted by Crippen LogP contribution is -2.29. The fourth-order valence-electron chi connectivity index (χ4n) is 8.25. The summed E-state index contributed by atoms with van der Waals surface area (Å²) in [6.07, 6.45) is 26.3. The van der Waals surface area contributed by atoms with Crippen molar-refractivity contribution in [2.75, 3.05) is 23.7 Å². The van der Waals surface area contributed by atoms with Gasteiger partial charge in [-0.2, -0.15) is 0 Å². The van der Waals surface area contributed by atoms with Crippen molar-refractivity contribution < 1.29 is 9.59 Å². The number of amides is 4. The number of aryl methyl sites for hydroxylation is 2. The van der Waals surface area contributed by atoms with Crippen LogP contribution in [0.1, 0.15) is 170 Å². The summed E-state index contributed by atoms with van der Waals surface area (Å²) in [6.45, 7) is 10.4. The minimum Gasteiger partial charge on any atom is -0.338 e. The molecule has 0 bridgehead atoms. The van der Waals surface area contributed by atoms with Gasteiger partial charge in [0.25, 0.3) is 0 Å². The summed E-state index contributed by atoms with van der Waals surface area (Å²) in [6, 6.07) is 21.0. The molecule has 0 saturated heterocycles. The molecule has 0 atom stereocenters. The standard InChI is InChI=1S/C51H72N4O2S2/c1-5-7-9-11-13-15-17-19-21-34-52-50(56)54-42-30-26-40(27-31-42)48-36-46(38(3)58-48)44-24-23-25-45(44)47-37-49(59-39(47)4)41-28-32-43(33-29-41)55-51(57)53-35-22-20-18-16-14-12-10-8-6-2/h26-33,36-37H,5-25,34-35H2,1-4H3,(H2,52,54,56)(H2,53,55,57). The lowest BCUT2D eigenvalue weighted by Gasteiger charge is -2.09. The molecule has 4 aromatic rings. The van der Waals surface area contributed by atoms with Crippen molar-refractivity contribution >= 4 is 57.3 Å². The number of nitrogens with one attached hydrogen (secondary N) is 4. The third kappa shape index (κ3) is 15.3. The normalized spacial score (nSPS) is 12.6. The molecular formula is C51H72N4O2S2. The van der Waals surface area contributed by atoms with Gasteiger partial charge in [0.2, 0.25) is 0 Å². The van der Waals surface area contributed by atoms with Crippen LogP contribution in [0.3, 0.4) is 0 Å². The van der Waals surface area contributed by atoms with Crippen LogP contribution in [0.4, 0.5) is 21.0 Å². The summed E-state index contributed by atoms with van der Waals surface area (Å²) < 4.78 is 0. The Labute approximate surface area is 364 Å². The van der Waals surface area contributed by atoms with Gasteiger partial charge in [-0.3, -0.25) is 0 Å². The number of rotatable bonds is 26. The van der Waals surface area contributed by atoms with E-state index >= 15 is 0 Å². The maximum atomic E-state index is 12.5. The van der Waals surface area contributed by atoms with E-state index in [1.165, 1.54) is 162 Å². The monoisotopic (exact) mass is 837 g/mol. The molecule has 1 aliphatic rings. The Morgan fingerprint density at radius 3 is 1.19 bits per heavy atom. The highest BCUT2D eigenvalue weighted by atomic mass is 32.1. The van der Waals surface area contributed by atoms with Gasteiger partial charge in [0.1, 0.15) is 0 Å². The van der Waals surface area contributed by atoms with E-state index in [9.17, 15) is 9.59 Å². The van der Waals surface area contributed by atoms with Gasteiger partial charge in [0.05, 0.1) is 0 Å². The molecule has 2 aromatic carbocycles. The van der Waals surface area contributed by atoms with Crippen molar-refractivity contribution in [1.29, 1.82) is 0 Å². The average Bonchev–Trinajstić information content (AvgIpc) is 3.98. The highest BCUT2D eigenvalue weighted by molar-refractivity contribution is 7.16. The van der Waals surface area contributed by atoms with Gasteiger partial charge in [-0.25, -0.2) is 9.59 Å². The average molecular weight is 837 g/mol. The van der Waals surface area contributed by atoms with E-state index in [4.69, 9.17) is 0 Å². The predicted octanol–water partition coefficient (Wildman–Crippen LogP) is 16.2. The zero-order valence-corrected chi connectivity index (χ0v) is 38.3. The van der Waals surface area contributed by atoms with Crippen LogP contribution in [0, 0.1) is 13.8 Å². The fourth-order valence-corrected chi connectivity index (χ4v) is 10.4. The van der Waals surface area contributed by atoms with Crippen molar-refractivity contribution in [3.63, 3.8) is 0 Å². The number of thiophene rings is 2. The third-order valence-corrected chi connectivity index (χ3v) is 13.9. The number of carbonyl (C=O) groups is 2. The summed E-state index contributed by atoms with van der Waals surface area (Å²) in [4.78, 5) is 30.3. The third-order valence-electron chi connectivity index (χ3n) is 11.7. The van der Waals surface area contributed by atoms with Crippen LogP contribution in [-0.4, -0.2) is 25.2 Å². The molecule has 320 valence electrons. The molecule has 4 N–H and O–H groups in total. The number of benzene rings is 2. The molecule has 4 amide bonds. The number of hydrogen-bond acceptors (Lipinski definition) is 4. The molecule has 5 rings (SSSR count). The minimum absolute atomic E-state index is 0.132. The van der Waals surface area contributed by atoms with Crippen LogP contribution in [-0.2, 0) is 0 Å². The van der Waals surface area contributed by atoms with Crippen LogP contribution in [0.25, 0.3) is 32.0 Å². The number of allylic oxidation sites excluding steroid dienone is 2. The van der Waals surface area contributed by atoms with Crippen LogP contribution >= 0.6 is 22.7 Å². The van der Waals surface area contributed by atoms with E-state index < -0.39 is 0 Å². The molecule has 2 aromatic heterocycles. The maximum absolute atomic E-state index is 12.5. The van der Waals surface area contributed by atoms with Crippen LogP contribution in [0.5, 0.6) is 0 Å². The van der Waals surface area contributed by atoms with Gasteiger partial charge >= 0.3 is 12.1 Å². The Hall–Kier alpha value is -3.88. The molecule has 2 heterocycles. The molecule has 0 saturated carbocycles. The number of carbonyl (C=O) groups excluding carboxylic acids is 2. The van der Waals surface area contributed by atoms with Crippen LogP contribution < -0.4 is 21.3 Å². The van der Waals surface area contributed by atoms with Crippen LogP contribution in [0.15, 0.2) is 60.7 Å². The molecule has 0 fully saturated rings. The topological polar surface area (TPSA) is 82.3 Å². The largest absolute Gasteiger partial charge is 0.338 e. The molecule has 0 aliphatic heterocycles. The SMILES string of the molecule is CCCCCCCCCCCNC(=O)Nc1ccc(-c2cc(C3=C(c4cc(-c5ccc(NC(=O)NCCCCCCCCCCC)cc5)sc4C)CCC3)c(C)s2)cc1. The second-order valence-electron chi connectivity index (χ2n) is 16.5. The summed E-state index contributed by atoms with van der Waals surface area (Å²) >= 11 is 3.70. The van der Waals surface area contributed by atoms with Gasteiger partial charge in [-0.15, -0.1) is 22.7 Å². The van der Waals surface area contributed by atoms with Crippen molar-refractivity contribution in [2.24, 2.45) is 0 Å². The van der Waals surface area contributed by atoms with Gasteiger partial charge in [0, 0.05) is 44.0 Å². The van der Waals surface area contributed by atoms with Crippen molar-refractivity contribution in [3.8, 4) is 20.9 Å². The lowest BCUT2D eigenvalue weighted by molar-refractivity contribution is 0.251. The number of unbranched alkanes of at least 4 members (excludes halogenated alkanes) is 16. The lowest BCUT2D eigenvalue weighted by atomic mass is 9.96. The molecule has 59 heavy (non-hydrogen) atoms. The Bertz CT molecular complexity index is 1750. The molecule has 8 heteroatoms. The first kappa shape index (κ1) is 46.2. The number of anilines is 2. The highest BCUT2D eigenvalue weighted by Gasteiger charge is 2.23. The van der Waals surface area contributed by atoms with E-state index in [1.807, 2.05) is 46.9 Å². The molecule has 1 aliphatic carbocycles. The van der Waals surface area contributed by atoms with Gasteiger partial charge in [-0.1, -0.05) is 141 Å². The molecule has 0 unspecified atom stereocenters. The van der Waals surface area contributed by atoms with Crippen molar-refractivity contribution in [1.82, 2.24) is 10.6 Å². The fraction of sp³-hybridized carbons (Fsp3) is 0.529. The van der Waals surface area contributed by atoms with Gasteiger partial charge < -0.3 is 21.3 Å². The smallest absolute Gasteiger partial charge is 0.319 e. The van der Waals surface area contributed by atoms with Gasteiger partial charge in [-0.05, 0) is 116 Å². The van der Waals surface area contributed by atoms with E-state index in [0.29, 0.717) is 13.1 Å². The van der Waals surface area contributed by atoms with E-state index in [1.54, 1.807) is 0 Å². The highest BCUT2D eigenvalue weighted by Crippen LogP contribution is 2.47.